The maximum Gasteiger partial charge on any atom is 0.228 e. The predicted molar refractivity (Wildman–Crippen MR) is 101 cm³/mol. The SMILES string of the molecule is CCCCCCn1nnc(C(Cl)(Cl)C(Cl)(Cl)Cl)c1CC(C)(C)C. The van der Waals surface area contributed by atoms with Crippen LogP contribution >= 0.6 is 58.0 Å². The van der Waals surface area contributed by atoms with E-state index in [0.29, 0.717) is 12.1 Å². The zero-order valence-electron chi connectivity index (χ0n) is 14.0. The van der Waals surface area contributed by atoms with Crippen LogP contribution in [-0.2, 0) is 17.3 Å². The van der Waals surface area contributed by atoms with Gasteiger partial charge in [-0.25, -0.2) is 4.68 Å². The van der Waals surface area contributed by atoms with Crippen LogP contribution in [0.5, 0.6) is 0 Å². The van der Waals surface area contributed by atoms with Crippen LogP contribution in [0.25, 0.3) is 0 Å². The van der Waals surface area contributed by atoms with Gasteiger partial charge in [-0.05, 0) is 18.3 Å². The Labute approximate surface area is 163 Å². The van der Waals surface area contributed by atoms with Crippen molar-refractivity contribution in [3.63, 3.8) is 0 Å². The fourth-order valence-electron chi connectivity index (χ4n) is 2.26. The second-order valence-electron chi connectivity index (χ2n) is 6.98. The monoisotopic (exact) mass is 421 g/mol. The highest BCUT2D eigenvalue weighted by atomic mass is 35.6. The Morgan fingerprint density at radius 2 is 1.57 bits per heavy atom. The summed E-state index contributed by atoms with van der Waals surface area (Å²) in [4.78, 5) is 0. The van der Waals surface area contributed by atoms with E-state index in [1.165, 1.54) is 12.8 Å². The van der Waals surface area contributed by atoms with Crippen molar-refractivity contribution in [2.45, 2.75) is 74.5 Å². The lowest BCUT2D eigenvalue weighted by Gasteiger charge is -2.28. The lowest BCUT2D eigenvalue weighted by atomic mass is 9.89. The summed E-state index contributed by atoms with van der Waals surface area (Å²) in [6, 6.07) is 0. The third kappa shape index (κ3) is 6.11. The summed E-state index contributed by atoms with van der Waals surface area (Å²) in [6.45, 7) is 9.27. The summed E-state index contributed by atoms with van der Waals surface area (Å²) in [6.07, 6.45) is 5.21. The number of aryl methyl sites for hydroxylation is 1. The zero-order chi connectivity index (χ0) is 17.9. The highest BCUT2D eigenvalue weighted by Gasteiger charge is 2.51. The predicted octanol–water partition coefficient (Wildman–Crippen LogP) is 6.45. The lowest BCUT2D eigenvalue weighted by molar-refractivity contribution is 0.386. The molecule has 1 heterocycles. The maximum absolute atomic E-state index is 6.32. The second-order valence-corrected chi connectivity index (χ2v) is 10.6. The van der Waals surface area contributed by atoms with E-state index in [9.17, 15) is 0 Å². The molecule has 0 radical (unpaired) electrons. The fraction of sp³-hybridized carbons (Fsp3) is 0.867. The van der Waals surface area contributed by atoms with E-state index >= 15 is 0 Å². The molecule has 0 atom stereocenters. The first-order valence-corrected chi connectivity index (χ1v) is 9.66. The van der Waals surface area contributed by atoms with Gasteiger partial charge >= 0.3 is 0 Å². The van der Waals surface area contributed by atoms with E-state index in [-0.39, 0.29) is 5.41 Å². The average Bonchev–Trinajstić information content (AvgIpc) is 2.74. The molecule has 134 valence electrons. The number of aromatic nitrogens is 3. The van der Waals surface area contributed by atoms with Crippen LogP contribution in [0, 0.1) is 5.41 Å². The van der Waals surface area contributed by atoms with Gasteiger partial charge in [0.25, 0.3) is 0 Å². The van der Waals surface area contributed by atoms with Crippen LogP contribution in [0.3, 0.4) is 0 Å². The number of hydrogen-bond acceptors (Lipinski definition) is 2. The molecular weight excluding hydrogens is 399 g/mol. The molecule has 3 nitrogen and oxygen atoms in total. The molecule has 0 aliphatic heterocycles. The van der Waals surface area contributed by atoms with Crippen LogP contribution in [0.1, 0.15) is 64.8 Å². The second kappa shape index (κ2) is 8.31. The van der Waals surface area contributed by atoms with Crippen molar-refractivity contribution in [1.82, 2.24) is 15.0 Å². The molecule has 8 heteroatoms. The van der Waals surface area contributed by atoms with E-state index in [1.807, 2.05) is 4.68 Å². The van der Waals surface area contributed by atoms with Crippen LogP contribution in [0.4, 0.5) is 0 Å². The smallest absolute Gasteiger partial charge is 0.228 e. The Hall–Kier alpha value is 0.590. The van der Waals surface area contributed by atoms with Crippen molar-refractivity contribution in [3.8, 4) is 0 Å². The summed E-state index contributed by atoms with van der Waals surface area (Å²) in [5.74, 6) is 0. The zero-order valence-corrected chi connectivity index (χ0v) is 17.8. The summed E-state index contributed by atoms with van der Waals surface area (Å²) in [7, 11) is 0. The summed E-state index contributed by atoms with van der Waals surface area (Å²) in [5, 5.41) is 8.33. The first kappa shape index (κ1) is 21.6. The minimum absolute atomic E-state index is 0.00487. The van der Waals surface area contributed by atoms with E-state index in [0.717, 1.165) is 25.1 Å². The fourth-order valence-corrected chi connectivity index (χ4v) is 2.82. The molecule has 0 aliphatic carbocycles. The van der Waals surface area contributed by atoms with Crippen LogP contribution in [0.15, 0.2) is 0 Å². The van der Waals surface area contributed by atoms with Crippen molar-refractivity contribution < 1.29 is 0 Å². The lowest BCUT2D eigenvalue weighted by Crippen LogP contribution is -2.31. The highest BCUT2D eigenvalue weighted by molar-refractivity contribution is 6.75. The molecule has 0 saturated heterocycles. The van der Waals surface area contributed by atoms with Crippen LogP contribution in [0.2, 0.25) is 0 Å². The van der Waals surface area contributed by atoms with Gasteiger partial charge in [0.15, 0.2) is 0 Å². The van der Waals surface area contributed by atoms with Gasteiger partial charge in [-0.2, -0.15) is 0 Å². The minimum Gasteiger partial charge on any atom is -0.249 e. The molecule has 23 heavy (non-hydrogen) atoms. The Morgan fingerprint density at radius 1 is 0.957 bits per heavy atom. The standard InChI is InChI=1S/C15H24Cl5N3/c1-5-6-7-8-9-23-11(10-13(2,3)4)12(21-22-23)14(16,17)15(18,19)20/h5-10H2,1-4H3. The maximum atomic E-state index is 6.32. The number of hydrogen-bond donors (Lipinski definition) is 0. The molecule has 1 aromatic heterocycles. The number of rotatable bonds is 7. The van der Waals surface area contributed by atoms with Crippen molar-refractivity contribution in [1.29, 1.82) is 0 Å². The Morgan fingerprint density at radius 3 is 2.04 bits per heavy atom. The Balaban J connectivity index is 3.14. The van der Waals surface area contributed by atoms with Crippen LogP contribution in [-0.4, -0.2) is 18.8 Å². The van der Waals surface area contributed by atoms with E-state index in [4.69, 9.17) is 58.0 Å². The summed E-state index contributed by atoms with van der Waals surface area (Å²) < 4.78 is -1.81. The highest BCUT2D eigenvalue weighted by Crippen LogP contribution is 2.53. The molecule has 0 amide bonds. The molecule has 0 bridgehead atoms. The summed E-state index contributed by atoms with van der Waals surface area (Å²) >= 11 is 30.5. The van der Waals surface area contributed by atoms with Gasteiger partial charge < -0.3 is 0 Å². The molecule has 1 aromatic rings. The number of unbranched alkanes of at least 4 members (excludes halogenated alkanes) is 3. The summed E-state index contributed by atoms with van der Waals surface area (Å²) in [5.41, 5.74) is 1.14. The molecule has 0 unspecified atom stereocenters. The quantitative estimate of drug-likeness (QED) is 0.373. The molecule has 0 aliphatic rings. The van der Waals surface area contributed by atoms with Gasteiger partial charge in [0.05, 0.1) is 5.69 Å². The first-order chi connectivity index (χ1) is 10.4. The number of nitrogens with zero attached hydrogens (tertiary/aromatic N) is 3. The van der Waals surface area contributed by atoms with Gasteiger partial charge in [-0.1, -0.05) is 110 Å². The van der Waals surface area contributed by atoms with E-state index in [2.05, 4.69) is 38.0 Å². The topological polar surface area (TPSA) is 30.7 Å². The van der Waals surface area contributed by atoms with Gasteiger partial charge in [-0.3, -0.25) is 0 Å². The molecular formula is C15H24Cl5N3. The normalized spacial score (nSPS) is 13.6. The van der Waals surface area contributed by atoms with Crippen LogP contribution < -0.4 is 0 Å². The van der Waals surface area contributed by atoms with Crippen molar-refractivity contribution >= 4 is 58.0 Å². The van der Waals surface area contributed by atoms with Crippen molar-refractivity contribution in [2.75, 3.05) is 0 Å². The van der Waals surface area contributed by atoms with E-state index in [1.54, 1.807) is 0 Å². The molecule has 0 N–H and O–H groups in total. The average molecular weight is 424 g/mol. The Kier molecular flexibility index (Phi) is 7.82. The van der Waals surface area contributed by atoms with Gasteiger partial charge in [0.1, 0.15) is 5.69 Å². The minimum atomic E-state index is -1.90. The third-order valence-electron chi connectivity index (χ3n) is 3.41. The molecule has 0 fully saturated rings. The Bertz CT molecular complexity index is 500. The molecule has 0 spiro atoms. The molecule has 0 aromatic carbocycles. The van der Waals surface area contributed by atoms with Gasteiger partial charge in [0.2, 0.25) is 8.13 Å². The number of halogens is 5. The first-order valence-electron chi connectivity index (χ1n) is 7.77. The van der Waals surface area contributed by atoms with Crippen molar-refractivity contribution in [3.05, 3.63) is 11.4 Å². The van der Waals surface area contributed by atoms with Gasteiger partial charge in [-0.15, -0.1) is 5.10 Å². The van der Waals surface area contributed by atoms with Crippen molar-refractivity contribution in [2.24, 2.45) is 5.41 Å². The molecule has 0 saturated carbocycles. The number of alkyl halides is 5. The van der Waals surface area contributed by atoms with E-state index < -0.39 is 8.13 Å². The van der Waals surface area contributed by atoms with Gasteiger partial charge in [0, 0.05) is 6.54 Å². The largest absolute Gasteiger partial charge is 0.249 e. The molecule has 1 rings (SSSR count). The third-order valence-corrected chi connectivity index (χ3v) is 5.77.